The van der Waals surface area contributed by atoms with Gasteiger partial charge in [-0.2, -0.15) is 13.2 Å². The average Bonchev–Trinajstić information content (AvgIpc) is 1.99. The lowest BCUT2D eigenvalue weighted by Crippen LogP contribution is -2.15. The van der Waals surface area contributed by atoms with Gasteiger partial charge in [-0.1, -0.05) is 43.5 Å². The van der Waals surface area contributed by atoms with E-state index in [-0.39, 0.29) is 10.6 Å². The summed E-state index contributed by atoms with van der Waals surface area (Å²) in [4.78, 5) is -1.69. The van der Waals surface area contributed by atoms with Crippen LogP contribution in [0, 0.1) is 0 Å². The van der Waals surface area contributed by atoms with Gasteiger partial charge in [-0.3, -0.25) is 0 Å². The second kappa shape index (κ2) is 4.41. The van der Waals surface area contributed by atoms with Crippen molar-refractivity contribution in [2.75, 3.05) is 0 Å². The molecule has 0 radical (unpaired) electrons. The lowest BCUT2D eigenvalue weighted by atomic mass is 10.1. The molecule has 0 saturated carbocycles. The van der Waals surface area contributed by atoms with Gasteiger partial charge in [0.05, 0.1) is 0 Å². The van der Waals surface area contributed by atoms with Crippen LogP contribution in [-0.4, -0.2) is 6.18 Å². The molecule has 1 atom stereocenters. The molecule has 0 unspecified atom stereocenters. The van der Waals surface area contributed by atoms with Gasteiger partial charge in [0.1, 0.15) is 4.83 Å². The second-order valence-corrected chi connectivity index (χ2v) is 4.87. The van der Waals surface area contributed by atoms with Gasteiger partial charge in [0, 0.05) is 9.50 Å². The first kappa shape index (κ1) is 12.3. The van der Waals surface area contributed by atoms with E-state index in [9.17, 15) is 13.2 Å². The van der Waals surface area contributed by atoms with Crippen molar-refractivity contribution in [1.29, 1.82) is 0 Å². The molecule has 1 aromatic carbocycles. The molecule has 0 heterocycles. The average molecular weight is 352 g/mol. The standard InChI is InChI=1S/C8H4Br2ClF3/c9-5-1-4(2-6(11)3-5)7(10)8(12,13)14/h1-3,7H/t7-/m1/s1. The molecule has 14 heavy (non-hydrogen) atoms. The zero-order valence-corrected chi connectivity index (χ0v) is 10.5. The van der Waals surface area contributed by atoms with E-state index in [2.05, 4.69) is 31.9 Å². The Kier molecular flexibility index (Phi) is 3.88. The van der Waals surface area contributed by atoms with E-state index in [4.69, 9.17) is 11.6 Å². The van der Waals surface area contributed by atoms with Gasteiger partial charge in [-0.25, -0.2) is 0 Å². The Morgan fingerprint density at radius 1 is 1.21 bits per heavy atom. The Balaban J connectivity index is 3.07. The summed E-state index contributed by atoms with van der Waals surface area (Å²) >= 11 is 11.3. The van der Waals surface area contributed by atoms with Crippen molar-refractivity contribution in [2.45, 2.75) is 11.0 Å². The minimum absolute atomic E-state index is 0.0804. The minimum atomic E-state index is -4.32. The summed E-state index contributed by atoms with van der Waals surface area (Å²) < 4.78 is 37.4. The van der Waals surface area contributed by atoms with E-state index in [1.807, 2.05) is 0 Å². The number of hydrogen-bond donors (Lipinski definition) is 0. The van der Waals surface area contributed by atoms with Gasteiger partial charge >= 0.3 is 6.18 Å². The molecule has 0 aromatic heterocycles. The van der Waals surface area contributed by atoms with E-state index < -0.39 is 11.0 Å². The van der Waals surface area contributed by atoms with Crippen LogP contribution in [-0.2, 0) is 0 Å². The van der Waals surface area contributed by atoms with Crippen molar-refractivity contribution < 1.29 is 13.2 Å². The highest BCUT2D eigenvalue weighted by Crippen LogP contribution is 2.41. The quantitative estimate of drug-likeness (QED) is 0.617. The molecular formula is C8H4Br2ClF3. The van der Waals surface area contributed by atoms with E-state index in [0.717, 1.165) is 0 Å². The van der Waals surface area contributed by atoms with Crippen molar-refractivity contribution in [3.05, 3.63) is 33.3 Å². The fourth-order valence-corrected chi connectivity index (χ4v) is 2.06. The molecule has 0 saturated heterocycles. The highest BCUT2D eigenvalue weighted by molar-refractivity contribution is 9.10. The van der Waals surface area contributed by atoms with Gasteiger partial charge in [0.2, 0.25) is 0 Å². The van der Waals surface area contributed by atoms with E-state index in [1.165, 1.54) is 18.2 Å². The predicted octanol–water partition coefficient (Wildman–Crippen LogP) is 5.10. The molecule has 0 N–H and O–H groups in total. The monoisotopic (exact) mass is 350 g/mol. The fraction of sp³-hybridized carbons (Fsp3) is 0.250. The van der Waals surface area contributed by atoms with Crippen LogP contribution in [0.1, 0.15) is 10.4 Å². The van der Waals surface area contributed by atoms with Crippen LogP contribution in [0.4, 0.5) is 13.2 Å². The molecule has 0 aliphatic heterocycles. The number of benzene rings is 1. The Morgan fingerprint density at radius 3 is 2.21 bits per heavy atom. The topological polar surface area (TPSA) is 0 Å². The Bertz CT molecular complexity index is 318. The number of halogens is 6. The lowest BCUT2D eigenvalue weighted by Gasteiger charge is -2.14. The highest BCUT2D eigenvalue weighted by atomic mass is 79.9. The SMILES string of the molecule is FC(F)(F)[C@H](Br)c1cc(Cl)cc(Br)c1. The molecule has 78 valence electrons. The van der Waals surface area contributed by atoms with Crippen LogP contribution in [0.25, 0.3) is 0 Å². The van der Waals surface area contributed by atoms with Crippen LogP contribution in [0.15, 0.2) is 22.7 Å². The molecule has 0 aliphatic carbocycles. The third-order valence-corrected chi connectivity index (χ3v) is 3.19. The normalized spacial score (nSPS) is 14.1. The van der Waals surface area contributed by atoms with Gasteiger partial charge in [-0.15, -0.1) is 0 Å². The summed E-state index contributed by atoms with van der Waals surface area (Å²) in [5.41, 5.74) is 0.0804. The maximum atomic E-state index is 12.3. The first-order chi connectivity index (χ1) is 6.30. The zero-order chi connectivity index (χ0) is 10.9. The van der Waals surface area contributed by atoms with Crippen LogP contribution in [0.2, 0.25) is 5.02 Å². The van der Waals surface area contributed by atoms with Crippen LogP contribution in [0.3, 0.4) is 0 Å². The third kappa shape index (κ3) is 3.14. The predicted molar refractivity (Wildman–Crippen MR) is 56.9 cm³/mol. The van der Waals surface area contributed by atoms with Crippen molar-refractivity contribution in [3.63, 3.8) is 0 Å². The van der Waals surface area contributed by atoms with Gasteiger partial charge < -0.3 is 0 Å². The zero-order valence-electron chi connectivity index (χ0n) is 6.58. The maximum Gasteiger partial charge on any atom is 0.405 e. The summed E-state index contributed by atoms with van der Waals surface area (Å²) in [6.45, 7) is 0. The van der Waals surface area contributed by atoms with Gasteiger partial charge in [-0.05, 0) is 23.8 Å². The van der Waals surface area contributed by atoms with Crippen LogP contribution in [0.5, 0.6) is 0 Å². The summed E-state index contributed by atoms with van der Waals surface area (Å²) in [5, 5.41) is 0.267. The molecule has 6 heteroatoms. The Hall–Kier alpha value is 0.260. The molecule has 0 amide bonds. The summed E-state index contributed by atoms with van der Waals surface area (Å²) in [5.74, 6) is 0. The molecular weight excluding hydrogens is 348 g/mol. The fourth-order valence-electron chi connectivity index (χ4n) is 0.910. The van der Waals surface area contributed by atoms with E-state index in [0.29, 0.717) is 4.47 Å². The maximum absolute atomic E-state index is 12.3. The second-order valence-electron chi connectivity index (χ2n) is 2.61. The van der Waals surface area contributed by atoms with Crippen molar-refractivity contribution in [1.82, 2.24) is 0 Å². The third-order valence-electron chi connectivity index (χ3n) is 1.46. The molecule has 0 bridgehead atoms. The van der Waals surface area contributed by atoms with Crippen LogP contribution < -0.4 is 0 Å². The van der Waals surface area contributed by atoms with Crippen LogP contribution >= 0.6 is 43.5 Å². The molecule has 1 rings (SSSR count). The molecule has 0 fully saturated rings. The lowest BCUT2D eigenvalue weighted by molar-refractivity contribution is -0.128. The van der Waals surface area contributed by atoms with Crippen molar-refractivity contribution >= 4 is 43.5 Å². The van der Waals surface area contributed by atoms with Crippen molar-refractivity contribution in [3.8, 4) is 0 Å². The minimum Gasteiger partial charge on any atom is -0.169 e. The molecule has 0 spiro atoms. The first-order valence-corrected chi connectivity index (χ1v) is 5.56. The highest BCUT2D eigenvalue weighted by Gasteiger charge is 2.38. The van der Waals surface area contributed by atoms with Gasteiger partial charge in [0.15, 0.2) is 0 Å². The molecule has 1 aromatic rings. The Labute approximate surface area is 101 Å². The van der Waals surface area contributed by atoms with E-state index in [1.54, 1.807) is 0 Å². The number of alkyl halides is 4. The first-order valence-electron chi connectivity index (χ1n) is 3.47. The number of hydrogen-bond acceptors (Lipinski definition) is 0. The molecule has 0 nitrogen and oxygen atoms in total. The van der Waals surface area contributed by atoms with Gasteiger partial charge in [0.25, 0.3) is 0 Å². The summed E-state index contributed by atoms with van der Waals surface area (Å²) in [6.07, 6.45) is -4.32. The summed E-state index contributed by atoms with van der Waals surface area (Å²) in [6, 6.07) is 4.18. The number of rotatable bonds is 1. The van der Waals surface area contributed by atoms with E-state index >= 15 is 0 Å². The molecule has 0 aliphatic rings. The van der Waals surface area contributed by atoms with Crippen molar-refractivity contribution in [2.24, 2.45) is 0 Å². The smallest absolute Gasteiger partial charge is 0.169 e. The Morgan fingerprint density at radius 2 is 1.79 bits per heavy atom. The summed E-state index contributed by atoms with van der Waals surface area (Å²) in [7, 11) is 0. The largest absolute Gasteiger partial charge is 0.405 e.